The van der Waals surface area contributed by atoms with Crippen molar-refractivity contribution in [1.82, 2.24) is 20.0 Å². The van der Waals surface area contributed by atoms with Crippen LogP contribution in [0, 0.1) is 11.8 Å². The topological polar surface area (TPSA) is 21.8 Å². The van der Waals surface area contributed by atoms with Crippen LogP contribution < -0.4 is 5.32 Å². The molecule has 0 aromatic heterocycles. The Hall–Kier alpha value is -0.160. The smallest absolute Gasteiger partial charge is 0.0262 e. The summed E-state index contributed by atoms with van der Waals surface area (Å²) in [5.74, 6) is 1.82. The van der Waals surface area contributed by atoms with Gasteiger partial charge in [0.2, 0.25) is 0 Å². The van der Waals surface area contributed by atoms with Gasteiger partial charge in [-0.15, -0.1) is 0 Å². The van der Waals surface area contributed by atoms with Gasteiger partial charge in [0.1, 0.15) is 0 Å². The Labute approximate surface area is 130 Å². The van der Waals surface area contributed by atoms with Crippen molar-refractivity contribution in [2.75, 3.05) is 66.0 Å². The van der Waals surface area contributed by atoms with E-state index < -0.39 is 0 Å². The zero-order valence-electron chi connectivity index (χ0n) is 14.1. The number of nitrogens with one attached hydrogen (secondary N) is 1. The number of hydrogen-bond donors (Lipinski definition) is 1. The molecule has 3 heterocycles. The molecule has 3 saturated heterocycles. The average molecular weight is 294 g/mol. The van der Waals surface area contributed by atoms with Gasteiger partial charge in [0, 0.05) is 45.3 Å². The highest BCUT2D eigenvalue weighted by molar-refractivity contribution is 4.90. The highest BCUT2D eigenvalue weighted by atomic mass is 15.3. The Morgan fingerprint density at radius 1 is 0.952 bits per heavy atom. The second kappa shape index (κ2) is 7.40. The molecule has 0 aromatic rings. The maximum Gasteiger partial charge on any atom is 0.0262 e. The third kappa shape index (κ3) is 4.19. The Morgan fingerprint density at radius 2 is 1.67 bits per heavy atom. The van der Waals surface area contributed by atoms with E-state index in [0.29, 0.717) is 0 Å². The summed E-state index contributed by atoms with van der Waals surface area (Å²) in [5, 5.41) is 3.64. The molecule has 0 aromatic carbocycles. The lowest BCUT2D eigenvalue weighted by Crippen LogP contribution is -2.58. The third-order valence-electron chi connectivity index (χ3n) is 5.97. The zero-order chi connectivity index (χ0) is 14.7. The van der Waals surface area contributed by atoms with E-state index in [-0.39, 0.29) is 0 Å². The van der Waals surface area contributed by atoms with E-state index in [1.807, 2.05) is 0 Å². The molecule has 4 nitrogen and oxygen atoms in total. The van der Waals surface area contributed by atoms with Crippen molar-refractivity contribution in [3.8, 4) is 0 Å². The van der Waals surface area contributed by atoms with Crippen molar-refractivity contribution in [1.29, 1.82) is 0 Å². The number of likely N-dealkylation sites (tertiary alicyclic amines) is 1. The van der Waals surface area contributed by atoms with Crippen molar-refractivity contribution in [3.63, 3.8) is 0 Å². The van der Waals surface area contributed by atoms with E-state index in [4.69, 9.17) is 0 Å². The summed E-state index contributed by atoms with van der Waals surface area (Å²) in [6.07, 6.45) is 4.18. The largest absolute Gasteiger partial charge is 0.315 e. The Balaban J connectivity index is 1.54. The van der Waals surface area contributed by atoms with Gasteiger partial charge in [0.25, 0.3) is 0 Å². The van der Waals surface area contributed by atoms with Crippen LogP contribution in [0.2, 0.25) is 0 Å². The predicted molar refractivity (Wildman–Crippen MR) is 88.7 cm³/mol. The van der Waals surface area contributed by atoms with Crippen molar-refractivity contribution in [2.45, 2.75) is 32.2 Å². The molecule has 2 atom stereocenters. The van der Waals surface area contributed by atoms with E-state index >= 15 is 0 Å². The molecular weight excluding hydrogens is 260 g/mol. The molecule has 0 bridgehead atoms. The van der Waals surface area contributed by atoms with Gasteiger partial charge in [-0.25, -0.2) is 0 Å². The number of rotatable bonds is 3. The van der Waals surface area contributed by atoms with Gasteiger partial charge in [-0.1, -0.05) is 6.92 Å². The molecule has 3 aliphatic heterocycles. The number of likely N-dealkylation sites (N-methyl/N-ethyl adjacent to an activating group) is 1. The maximum atomic E-state index is 3.64. The summed E-state index contributed by atoms with van der Waals surface area (Å²) in [4.78, 5) is 7.98. The molecule has 21 heavy (non-hydrogen) atoms. The van der Waals surface area contributed by atoms with Crippen LogP contribution in [0.1, 0.15) is 26.2 Å². The van der Waals surface area contributed by atoms with Crippen molar-refractivity contribution in [2.24, 2.45) is 11.8 Å². The van der Waals surface area contributed by atoms with E-state index in [9.17, 15) is 0 Å². The lowest BCUT2D eigenvalue weighted by molar-refractivity contribution is 0.0448. The van der Waals surface area contributed by atoms with Gasteiger partial charge in [0.15, 0.2) is 0 Å². The van der Waals surface area contributed by atoms with E-state index in [1.165, 1.54) is 78.2 Å². The highest BCUT2D eigenvalue weighted by Crippen LogP contribution is 2.23. The Bertz CT molecular complexity index is 306. The summed E-state index contributed by atoms with van der Waals surface area (Å²) in [6.45, 7) is 13.8. The quantitative estimate of drug-likeness (QED) is 0.836. The first-order valence-electron chi connectivity index (χ1n) is 9.08. The van der Waals surface area contributed by atoms with E-state index in [1.54, 1.807) is 0 Å². The molecule has 0 aliphatic carbocycles. The molecule has 0 radical (unpaired) electrons. The molecule has 3 fully saturated rings. The number of piperazine rings is 1. The standard InChI is InChI=1S/C17H34N4/c1-15-4-7-20(8-5-15)14-16-3-6-18-13-17(16)21-11-9-19(2)10-12-21/h15-18H,3-14H2,1-2H3. The molecule has 4 heteroatoms. The zero-order valence-corrected chi connectivity index (χ0v) is 14.1. The molecule has 1 N–H and O–H groups in total. The van der Waals surface area contributed by atoms with Crippen LogP contribution in [0.3, 0.4) is 0 Å². The van der Waals surface area contributed by atoms with Crippen LogP contribution in [0.5, 0.6) is 0 Å². The SMILES string of the molecule is CC1CCN(CC2CCNCC2N2CCN(C)CC2)CC1. The molecule has 0 saturated carbocycles. The van der Waals surface area contributed by atoms with Gasteiger partial charge in [0.05, 0.1) is 0 Å². The second-order valence-electron chi connectivity index (χ2n) is 7.64. The van der Waals surface area contributed by atoms with Crippen LogP contribution >= 0.6 is 0 Å². The lowest BCUT2D eigenvalue weighted by Gasteiger charge is -2.45. The predicted octanol–water partition coefficient (Wildman–Crippen LogP) is 0.944. The number of piperidine rings is 2. The summed E-state index contributed by atoms with van der Waals surface area (Å²) in [5.41, 5.74) is 0. The maximum absolute atomic E-state index is 3.64. The van der Waals surface area contributed by atoms with E-state index in [2.05, 4.69) is 34.0 Å². The molecule has 122 valence electrons. The van der Waals surface area contributed by atoms with Gasteiger partial charge < -0.3 is 15.1 Å². The lowest BCUT2D eigenvalue weighted by atomic mass is 9.89. The molecule has 3 aliphatic rings. The minimum atomic E-state index is 0.770. The summed E-state index contributed by atoms with van der Waals surface area (Å²) in [6, 6.07) is 0.770. The second-order valence-corrected chi connectivity index (χ2v) is 7.64. The number of hydrogen-bond acceptors (Lipinski definition) is 4. The fourth-order valence-corrected chi connectivity index (χ4v) is 4.27. The minimum absolute atomic E-state index is 0.770. The van der Waals surface area contributed by atoms with Crippen LogP contribution in [0.25, 0.3) is 0 Å². The fourth-order valence-electron chi connectivity index (χ4n) is 4.27. The minimum Gasteiger partial charge on any atom is -0.315 e. The van der Waals surface area contributed by atoms with Crippen molar-refractivity contribution in [3.05, 3.63) is 0 Å². The molecule has 0 spiro atoms. The van der Waals surface area contributed by atoms with Gasteiger partial charge >= 0.3 is 0 Å². The Kier molecular flexibility index (Phi) is 5.54. The van der Waals surface area contributed by atoms with Crippen molar-refractivity contribution >= 4 is 0 Å². The van der Waals surface area contributed by atoms with E-state index in [0.717, 1.165) is 17.9 Å². The molecule has 3 rings (SSSR count). The normalized spacial score (nSPS) is 35.1. The first kappa shape index (κ1) is 15.7. The fraction of sp³-hybridized carbons (Fsp3) is 1.00. The first-order valence-corrected chi connectivity index (χ1v) is 9.08. The van der Waals surface area contributed by atoms with Gasteiger partial charge in [-0.3, -0.25) is 4.90 Å². The highest BCUT2D eigenvalue weighted by Gasteiger charge is 2.33. The van der Waals surface area contributed by atoms with Gasteiger partial charge in [-0.05, 0) is 57.8 Å². The van der Waals surface area contributed by atoms with Crippen molar-refractivity contribution < 1.29 is 0 Å². The Morgan fingerprint density at radius 3 is 2.38 bits per heavy atom. The summed E-state index contributed by atoms with van der Waals surface area (Å²) >= 11 is 0. The molecule has 2 unspecified atom stereocenters. The molecule has 0 amide bonds. The van der Waals surface area contributed by atoms with Crippen LogP contribution in [0.15, 0.2) is 0 Å². The van der Waals surface area contributed by atoms with Crippen LogP contribution in [-0.4, -0.2) is 86.7 Å². The third-order valence-corrected chi connectivity index (χ3v) is 5.97. The summed E-state index contributed by atoms with van der Waals surface area (Å²) in [7, 11) is 2.25. The van der Waals surface area contributed by atoms with Crippen LogP contribution in [0.4, 0.5) is 0 Å². The summed E-state index contributed by atoms with van der Waals surface area (Å²) < 4.78 is 0. The average Bonchev–Trinajstić information content (AvgIpc) is 2.51. The van der Waals surface area contributed by atoms with Gasteiger partial charge in [-0.2, -0.15) is 0 Å². The molecular formula is C17H34N4. The number of nitrogens with zero attached hydrogens (tertiary/aromatic N) is 3. The monoisotopic (exact) mass is 294 g/mol. The van der Waals surface area contributed by atoms with Crippen LogP contribution in [-0.2, 0) is 0 Å². The first-order chi connectivity index (χ1) is 10.2.